The maximum Gasteiger partial charge on any atom is 0.414 e. The van der Waals surface area contributed by atoms with Gasteiger partial charge in [0.05, 0.1) is 0 Å². The van der Waals surface area contributed by atoms with Crippen LogP contribution in [0.15, 0.2) is 22.7 Å². The number of rotatable bonds is 4. The molecule has 2 aromatic rings. The lowest BCUT2D eigenvalue weighted by Crippen LogP contribution is -2.37. The zero-order chi connectivity index (χ0) is 24.0. The van der Waals surface area contributed by atoms with Crippen molar-refractivity contribution in [3.05, 3.63) is 28.9 Å². The van der Waals surface area contributed by atoms with Gasteiger partial charge in [0.25, 0.3) is 0 Å². The van der Waals surface area contributed by atoms with Gasteiger partial charge in [-0.25, -0.2) is 9.59 Å². The van der Waals surface area contributed by atoms with Crippen LogP contribution in [0, 0.1) is 5.92 Å². The van der Waals surface area contributed by atoms with Crippen molar-refractivity contribution in [3.8, 4) is 0 Å². The summed E-state index contributed by atoms with van der Waals surface area (Å²) in [5.41, 5.74) is 1.36. The summed E-state index contributed by atoms with van der Waals surface area (Å²) in [6, 6.07) is 5.45. The lowest BCUT2D eigenvalue weighted by Gasteiger charge is -2.32. The normalized spacial score (nSPS) is 18.8. The molecule has 9 nitrogen and oxygen atoms in total. The van der Waals surface area contributed by atoms with E-state index in [1.807, 2.05) is 12.1 Å². The molecule has 1 saturated carbocycles. The Kier molecular flexibility index (Phi) is 8.68. The summed E-state index contributed by atoms with van der Waals surface area (Å²) in [5, 5.41) is 20.5. The topological polar surface area (TPSA) is 130 Å². The van der Waals surface area contributed by atoms with Crippen LogP contribution >= 0.6 is 11.6 Å². The highest BCUT2D eigenvalue weighted by Crippen LogP contribution is 2.40. The van der Waals surface area contributed by atoms with Crippen LogP contribution in [0.2, 0.25) is 5.02 Å². The van der Waals surface area contributed by atoms with Gasteiger partial charge in [0, 0.05) is 23.5 Å². The molecule has 4 rings (SSSR count). The van der Waals surface area contributed by atoms with Crippen molar-refractivity contribution in [2.24, 2.45) is 5.92 Å². The third-order valence-electron chi connectivity index (χ3n) is 6.26. The fourth-order valence-electron chi connectivity index (χ4n) is 4.49. The van der Waals surface area contributed by atoms with Crippen molar-refractivity contribution in [2.75, 3.05) is 20.1 Å². The van der Waals surface area contributed by atoms with E-state index in [-0.39, 0.29) is 23.9 Å². The smallest absolute Gasteiger partial charge is 0.414 e. The van der Waals surface area contributed by atoms with Crippen LogP contribution in [0.1, 0.15) is 56.6 Å². The van der Waals surface area contributed by atoms with E-state index in [9.17, 15) is 4.79 Å². The second-order valence-corrected chi connectivity index (χ2v) is 9.07. The first-order valence-electron chi connectivity index (χ1n) is 11.2. The number of carbonyl (C=O) groups is 3. The van der Waals surface area contributed by atoms with Crippen molar-refractivity contribution in [1.82, 2.24) is 10.1 Å². The van der Waals surface area contributed by atoms with Gasteiger partial charge in [-0.3, -0.25) is 4.79 Å². The van der Waals surface area contributed by atoms with Gasteiger partial charge in [-0.05, 0) is 56.8 Å². The number of benzene rings is 1. The van der Waals surface area contributed by atoms with Crippen LogP contribution in [-0.2, 0) is 19.1 Å². The van der Waals surface area contributed by atoms with Crippen molar-refractivity contribution in [2.45, 2.75) is 57.0 Å². The van der Waals surface area contributed by atoms with Gasteiger partial charge in [0.2, 0.25) is 0 Å². The van der Waals surface area contributed by atoms with E-state index >= 15 is 0 Å². The largest absolute Gasteiger partial charge is 0.473 e. The number of hydrogen-bond acceptors (Lipinski definition) is 7. The number of carbonyl (C=O) groups excluding carboxylic acids is 1. The Morgan fingerprint density at radius 1 is 1.09 bits per heavy atom. The van der Waals surface area contributed by atoms with Gasteiger partial charge in [0.15, 0.2) is 5.58 Å². The number of carboxylic acid groups (broad SMARTS) is 2. The zero-order valence-electron chi connectivity index (χ0n) is 18.5. The molecule has 0 bridgehead atoms. The number of aromatic nitrogens is 1. The second kappa shape index (κ2) is 11.5. The van der Waals surface area contributed by atoms with Crippen LogP contribution in [0.4, 0.5) is 0 Å². The standard InChI is InChI=1S/C21H27ClN2O3.C2H2O4/c1-24-11-9-16(10-12-24)26-21(25)19(14-5-3-2-4-6-14)20-17-13-15(22)7-8-18(17)27-23-20;3-1(4)2(5)6/h7-8,13-14,16,19H,2-6,9-12H2,1H3;(H,3,4)(H,5,6). The van der Waals surface area contributed by atoms with Gasteiger partial charge >= 0.3 is 17.9 Å². The van der Waals surface area contributed by atoms with Crippen molar-refractivity contribution in [3.63, 3.8) is 0 Å². The first-order valence-corrected chi connectivity index (χ1v) is 11.5. The number of halogens is 1. The van der Waals surface area contributed by atoms with Crippen LogP contribution < -0.4 is 0 Å². The minimum atomic E-state index is -1.82. The fraction of sp³-hybridized carbons (Fsp3) is 0.565. The molecule has 1 aromatic carbocycles. The van der Waals surface area contributed by atoms with Gasteiger partial charge in [0.1, 0.15) is 17.7 Å². The van der Waals surface area contributed by atoms with Gasteiger partial charge < -0.3 is 24.4 Å². The Morgan fingerprint density at radius 2 is 1.73 bits per heavy atom. The average Bonchev–Trinajstić information content (AvgIpc) is 3.19. The Hall–Kier alpha value is -2.65. The zero-order valence-corrected chi connectivity index (χ0v) is 19.3. The maximum absolute atomic E-state index is 13.3. The minimum Gasteiger partial charge on any atom is -0.473 e. The highest BCUT2D eigenvalue weighted by Gasteiger charge is 2.37. The number of hydrogen-bond donors (Lipinski definition) is 2. The molecule has 1 atom stereocenters. The maximum atomic E-state index is 13.3. The van der Waals surface area contributed by atoms with Crippen LogP contribution in [-0.4, -0.2) is 64.4 Å². The van der Waals surface area contributed by atoms with Crippen LogP contribution in [0.5, 0.6) is 0 Å². The summed E-state index contributed by atoms with van der Waals surface area (Å²) in [6.45, 7) is 1.93. The first-order chi connectivity index (χ1) is 15.8. The summed E-state index contributed by atoms with van der Waals surface area (Å²) in [7, 11) is 2.11. The average molecular weight is 481 g/mol. The molecular weight excluding hydrogens is 452 g/mol. The SMILES string of the molecule is CN1CCC(OC(=O)C(c2noc3ccc(Cl)cc23)C2CCCCC2)CC1.O=C(O)C(=O)O. The van der Waals surface area contributed by atoms with E-state index in [2.05, 4.69) is 17.1 Å². The highest BCUT2D eigenvalue weighted by atomic mass is 35.5. The Labute approximate surface area is 196 Å². The van der Waals surface area contributed by atoms with Crippen LogP contribution in [0.25, 0.3) is 11.0 Å². The molecule has 10 heteroatoms. The molecule has 0 spiro atoms. The predicted octanol–water partition coefficient (Wildman–Crippen LogP) is 3.94. The molecule has 0 amide bonds. The quantitative estimate of drug-likeness (QED) is 0.493. The van der Waals surface area contributed by atoms with E-state index in [4.69, 9.17) is 40.7 Å². The van der Waals surface area contributed by atoms with Crippen molar-refractivity contribution >= 4 is 40.5 Å². The molecular formula is C23H29ClN2O7. The van der Waals surface area contributed by atoms with Gasteiger partial charge in [-0.1, -0.05) is 36.0 Å². The number of aliphatic carboxylic acids is 2. The number of fused-ring (bicyclic) bond motifs is 1. The Morgan fingerprint density at radius 3 is 2.33 bits per heavy atom. The molecule has 1 saturated heterocycles. The molecule has 2 aliphatic rings. The number of nitrogens with zero attached hydrogens (tertiary/aromatic N) is 2. The van der Waals surface area contributed by atoms with Crippen molar-refractivity contribution < 1.29 is 33.9 Å². The molecule has 1 aliphatic carbocycles. The number of carboxylic acids is 2. The summed E-state index contributed by atoms with van der Waals surface area (Å²) in [4.78, 5) is 33.7. The lowest BCUT2D eigenvalue weighted by molar-refractivity contribution is -0.159. The van der Waals surface area contributed by atoms with E-state index in [0.29, 0.717) is 16.3 Å². The second-order valence-electron chi connectivity index (χ2n) is 8.63. The number of likely N-dealkylation sites (tertiary alicyclic amines) is 1. The Bertz CT molecular complexity index is 966. The number of ether oxygens (including phenoxy) is 1. The van der Waals surface area contributed by atoms with Gasteiger partial charge in [-0.2, -0.15) is 0 Å². The molecule has 0 radical (unpaired) electrons. The van der Waals surface area contributed by atoms with Gasteiger partial charge in [-0.15, -0.1) is 0 Å². The molecule has 2 N–H and O–H groups in total. The van der Waals surface area contributed by atoms with Crippen LogP contribution in [0.3, 0.4) is 0 Å². The molecule has 2 heterocycles. The minimum absolute atomic E-state index is 0.00143. The molecule has 1 aliphatic heterocycles. The summed E-state index contributed by atoms with van der Waals surface area (Å²) in [5.74, 6) is -3.91. The third-order valence-corrected chi connectivity index (χ3v) is 6.50. The summed E-state index contributed by atoms with van der Waals surface area (Å²) >= 11 is 6.20. The molecule has 33 heavy (non-hydrogen) atoms. The monoisotopic (exact) mass is 480 g/mol. The highest BCUT2D eigenvalue weighted by molar-refractivity contribution is 6.31. The molecule has 1 unspecified atom stereocenters. The van der Waals surface area contributed by atoms with E-state index in [1.165, 1.54) is 6.42 Å². The van der Waals surface area contributed by atoms with E-state index < -0.39 is 11.9 Å². The summed E-state index contributed by atoms with van der Waals surface area (Å²) in [6.07, 6.45) is 7.39. The number of esters is 1. The molecule has 180 valence electrons. The molecule has 2 fully saturated rings. The summed E-state index contributed by atoms with van der Waals surface area (Å²) < 4.78 is 11.5. The van der Waals surface area contributed by atoms with E-state index in [1.54, 1.807) is 6.07 Å². The predicted molar refractivity (Wildman–Crippen MR) is 120 cm³/mol. The molecule has 1 aromatic heterocycles. The fourth-order valence-corrected chi connectivity index (χ4v) is 4.66. The Balaban J connectivity index is 0.000000454. The first kappa shape index (κ1) is 25.0. The number of piperidine rings is 1. The third kappa shape index (κ3) is 6.68. The van der Waals surface area contributed by atoms with Crippen molar-refractivity contribution in [1.29, 1.82) is 0 Å². The lowest BCUT2D eigenvalue weighted by atomic mass is 9.78. The van der Waals surface area contributed by atoms with E-state index in [0.717, 1.165) is 57.0 Å².